The lowest BCUT2D eigenvalue weighted by molar-refractivity contribution is 0.0471. The molecule has 0 radical (unpaired) electrons. The topological polar surface area (TPSA) is 64.2 Å². The molecule has 0 aromatic carbocycles. The van der Waals surface area contributed by atoms with Gasteiger partial charge >= 0.3 is 6.55 Å². The molecule has 0 aliphatic heterocycles. The van der Waals surface area contributed by atoms with Crippen molar-refractivity contribution in [1.82, 2.24) is 14.7 Å². The minimum absolute atomic E-state index is 0.0872. The maximum Gasteiger partial charge on any atom is 0.334 e. The standard InChI is InChI=1S/C9H14F2N4O/c1-3-14(4-2)8(16)6-5-7(12)13-15(6)9(10)11/h5,9H,3-4H2,1-2H3,(H2,12,13). The average Bonchev–Trinajstić information content (AvgIpc) is 2.62. The third-order valence-electron chi connectivity index (χ3n) is 2.21. The molecule has 1 amide bonds. The van der Waals surface area contributed by atoms with E-state index in [-0.39, 0.29) is 11.5 Å². The first-order valence-electron chi connectivity index (χ1n) is 4.93. The fourth-order valence-electron chi connectivity index (χ4n) is 1.39. The summed E-state index contributed by atoms with van der Waals surface area (Å²) in [6.07, 6.45) is 0. The number of rotatable bonds is 4. The van der Waals surface area contributed by atoms with E-state index in [1.807, 2.05) is 0 Å². The van der Waals surface area contributed by atoms with Crippen LogP contribution < -0.4 is 5.73 Å². The predicted octanol–water partition coefficient (Wildman–Crippen LogP) is 1.34. The largest absolute Gasteiger partial charge is 0.382 e. The van der Waals surface area contributed by atoms with Crippen LogP contribution >= 0.6 is 0 Å². The van der Waals surface area contributed by atoms with E-state index >= 15 is 0 Å². The molecule has 5 nitrogen and oxygen atoms in total. The molecule has 90 valence electrons. The minimum Gasteiger partial charge on any atom is -0.382 e. The van der Waals surface area contributed by atoms with Gasteiger partial charge in [-0.25, -0.2) is 0 Å². The lowest BCUT2D eigenvalue weighted by Gasteiger charge is -2.18. The smallest absolute Gasteiger partial charge is 0.334 e. The quantitative estimate of drug-likeness (QED) is 0.852. The molecule has 1 heterocycles. The zero-order chi connectivity index (χ0) is 12.3. The van der Waals surface area contributed by atoms with E-state index in [4.69, 9.17) is 5.73 Å². The molecule has 1 rings (SSSR count). The van der Waals surface area contributed by atoms with Crippen LogP contribution in [-0.4, -0.2) is 33.7 Å². The van der Waals surface area contributed by atoms with Gasteiger partial charge in [-0.2, -0.15) is 13.5 Å². The van der Waals surface area contributed by atoms with Crippen molar-refractivity contribution in [2.45, 2.75) is 20.4 Å². The number of anilines is 1. The molecule has 7 heteroatoms. The van der Waals surface area contributed by atoms with Crippen molar-refractivity contribution in [3.05, 3.63) is 11.8 Å². The molecule has 0 saturated heterocycles. The Morgan fingerprint density at radius 2 is 2.12 bits per heavy atom. The Morgan fingerprint density at radius 1 is 1.56 bits per heavy atom. The number of hydrogen-bond acceptors (Lipinski definition) is 3. The number of carbonyl (C=O) groups excluding carboxylic acids is 1. The summed E-state index contributed by atoms with van der Waals surface area (Å²) in [6, 6.07) is 1.16. The average molecular weight is 232 g/mol. The molecule has 1 aromatic rings. The lowest BCUT2D eigenvalue weighted by atomic mass is 10.3. The van der Waals surface area contributed by atoms with Gasteiger partial charge in [0.2, 0.25) is 0 Å². The van der Waals surface area contributed by atoms with Crippen LogP contribution in [-0.2, 0) is 0 Å². The molecular weight excluding hydrogens is 218 g/mol. The van der Waals surface area contributed by atoms with Crippen LogP contribution in [0, 0.1) is 0 Å². The zero-order valence-corrected chi connectivity index (χ0v) is 9.15. The van der Waals surface area contributed by atoms with Crippen molar-refractivity contribution < 1.29 is 13.6 Å². The van der Waals surface area contributed by atoms with Crippen LogP contribution in [0.5, 0.6) is 0 Å². The number of hydrogen-bond donors (Lipinski definition) is 1. The maximum atomic E-state index is 12.5. The number of nitrogens with zero attached hydrogens (tertiary/aromatic N) is 3. The number of amides is 1. The predicted molar refractivity (Wildman–Crippen MR) is 55.1 cm³/mol. The van der Waals surface area contributed by atoms with Crippen molar-refractivity contribution in [2.24, 2.45) is 0 Å². The summed E-state index contributed by atoms with van der Waals surface area (Å²) in [7, 11) is 0. The number of carbonyl (C=O) groups is 1. The SMILES string of the molecule is CCN(CC)C(=O)c1cc(N)nn1C(F)F. The fraction of sp³-hybridized carbons (Fsp3) is 0.556. The van der Waals surface area contributed by atoms with E-state index in [9.17, 15) is 13.6 Å². The van der Waals surface area contributed by atoms with Gasteiger partial charge in [0, 0.05) is 19.2 Å². The molecule has 1 aromatic heterocycles. The Bertz CT molecular complexity index is 374. The second-order valence-corrected chi connectivity index (χ2v) is 3.15. The summed E-state index contributed by atoms with van der Waals surface area (Å²) in [6.45, 7) is 1.57. The normalized spacial score (nSPS) is 10.8. The van der Waals surface area contributed by atoms with Crippen molar-refractivity contribution >= 4 is 11.7 Å². The highest BCUT2D eigenvalue weighted by Gasteiger charge is 2.22. The first-order valence-corrected chi connectivity index (χ1v) is 4.93. The van der Waals surface area contributed by atoms with Gasteiger partial charge < -0.3 is 10.6 Å². The number of nitrogen functional groups attached to an aromatic ring is 1. The van der Waals surface area contributed by atoms with Crippen LogP contribution in [0.3, 0.4) is 0 Å². The highest BCUT2D eigenvalue weighted by atomic mass is 19.3. The Hall–Kier alpha value is -1.66. The van der Waals surface area contributed by atoms with Gasteiger partial charge in [0.25, 0.3) is 5.91 Å². The summed E-state index contributed by atoms with van der Waals surface area (Å²) >= 11 is 0. The number of halogens is 2. The first kappa shape index (κ1) is 12.4. The Morgan fingerprint density at radius 3 is 2.56 bits per heavy atom. The summed E-state index contributed by atoms with van der Waals surface area (Å²) in [5.41, 5.74) is 5.12. The third-order valence-corrected chi connectivity index (χ3v) is 2.21. The second-order valence-electron chi connectivity index (χ2n) is 3.15. The highest BCUT2D eigenvalue weighted by molar-refractivity contribution is 5.93. The van der Waals surface area contributed by atoms with Gasteiger partial charge in [0.05, 0.1) is 0 Å². The van der Waals surface area contributed by atoms with Crippen molar-refractivity contribution in [1.29, 1.82) is 0 Å². The van der Waals surface area contributed by atoms with Crippen molar-refractivity contribution in [2.75, 3.05) is 18.8 Å². The van der Waals surface area contributed by atoms with E-state index in [1.165, 1.54) is 4.90 Å². The molecular formula is C9H14F2N4O. The van der Waals surface area contributed by atoms with Gasteiger partial charge in [-0.05, 0) is 13.8 Å². The summed E-state index contributed by atoms with van der Waals surface area (Å²) in [5.74, 6) is -0.578. The van der Waals surface area contributed by atoms with Gasteiger partial charge in [-0.3, -0.25) is 4.79 Å². The monoisotopic (exact) mass is 232 g/mol. The highest BCUT2D eigenvalue weighted by Crippen LogP contribution is 2.17. The van der Waals surface area contributed by atoms with Crippen LogP contribution in [0.2, 0.25) is 0 Å². The van der Waals surface area contributed by atoms with E-state index in [1.54, 1.807) is 13.8 Å². The molecule has 0 aliphatic carbocycles. The van der Waals surface area contributed by atoms with Crippen LogP contribution in [0.15, 0.2) is 6.07 Å². The van der Waals surface area contributed by atoms with Gasteiger partial charge in [-0.1, -0.05) is 0 Å². The molecule has 0 spiro atoms. The summed E-state index contributed by atoms with van der Waals surface area (Å²) in [4.78, 5) is 13.2. The molecule has 0 unspecified atom stereocenters. The third kappa shape index (κ3) is 2.29. The lowest BCUT2D eigenvalue weighted by Crippen LogP contribution is -2.32. The Labute approximate surface area is 91.8 Å². The van der Waals surface area contributed by atoms with E-state index in [2.05, 4.69) is 5.10 Å². The van der Waals surface area contributed by atoms with Crippen LogP contribution in [0.4, 0.5) is 14.6 Å². The molecule has 0 saturated carbocycles. The maximum absolute atomic E-state index is 12.5. The number of alkyl halides is 2. The molecule has 0 fully saturated rings. The zero-order valence-electron chi connectivity index (χ0n) is 9.15. The van der Waals surface area contributed by atoms with Crippen molar-refractivity contribution in [3.63, 3.8) is 0 Å². The molecule has 0 atom stereocenters. The summed E-state index contributed by atoms with van der Waals surface area (Å²) < 4.78 is 25.4. The van der Waals surface area contributed by atoms with Crippen LogP contribution in [0.25, 0.3) is 0 Å². The van der Waals surface area contributed by atoms with Gasteiger partial charge in [0.1, 0.15) is 11.5 Å². The van der Waals surface area contributed by atoms with E-state index in [0.717, 1.165) is 6.07 Å². The van der Waals surface area contributed by atoms with E-state index < -0.39 is 12.5 Å². The Balaban J connectivity index is 3.07. The van der Waals surface area contributed by atoms with Gasteiger partial charge in [0.15, 0.2) is 0 Å². The minimum atomic E-state index is -2.87. The molecule has 2 N–H and O–H groups in total. The molecule has 0 bridgehead atoms. The molecule has 0 aliphatic rings. The van der Waals surface area contributed by atoms with E-state index in [0.29, 0.717) is 17.8 Å². The second kappa shape index (κ2) is 4.91. The summed E-state index contributed by atoms with van der Waals surface area (Å²) in [5, 5.41) is 3.38. The molecule has 16 heavy (non-hydrogen) atoms. The van der Waals surface area contributed by atoms with Gasteiger partial charge in [-0.15, -0.1) is 5.10 Å². The van der Waals surface area contributed by atoms with Crippen molar-refractivity contribution in [3.8, 4) is 0 Å². The fourth-order valence-corrected chi connectivity index (χ4v) is 1.39. The van der Waals surface area contributed by atoms with Crippen LogP contribution in [0.1, 0.15) is 30.9 Å². The number of aromatic nitrogens is 2. The first-order chi connectivity index (χ1) is 7.51. The number of nitrogens with two attached hydrogens (primary N) is 1. The Kier molecular flexibility index (Phi) is 3.81.